The zero-order valence-electron chi connectivity index (χ0n) is 13.7. The third-order valence-corrected chi connectivity index (χ3v) is 3.89. The molecule has 2 nitrogen and oxygen atoms in total. The van der Waals surface area contributed by atoms with Crippen LogP contribution in [0.4, 0.5) is 14.5 Å². The van der Waals surface area contributed by atoms with E-state index < -0.39 is 11.6 Å². The Balaban J connectivity index is 1.74. The van der Waals surface area contributed by atoms with E-state index in [4.69, 9.17) is 17.3 Å². The number of halogens is 3. The molecule has 0 unspecified atom stereocenters. The standard InChI is InChI=1S/C21H15ClF2N2/c22-17-6-8-20(9-7-17)26-21(25)10-3-14-1-4-15(5-2-14)16-11-18(23)13-19(24)12-16/h1-13H,(H2,25,26). The maximum Gasteiger partial charge on any atom is 0.126 e. The molecular formula is C21H15ClF2N2. The summed E-state index contributed by atoms with van der Waals surface area (Å²) in [6.07, 6.45) is 3.50. The summed E-state index contributed by atoms with van der Waals surface area (Å²) in [4.78, 5) is 4.27. The van der Waals surface area contributed by atoms with Crippen molar-refractivity contribution >= 4 is 29.2 Å². The van der Waals surface area contributed by atoms with Gasteiger partial charge in [0.05, 0.1) is 5.69 Å². The lowest BCUT2D eigenvalue weighted by Crippen LogP contribution is -2.06. The van der Waals surface area contributed by atoms with Crippen LogP contribution in [0.15, 0.2) is 77.8 Å². The molecule has 0 aliphatic rings. The SMILES string of the molecule is NC(C=Cc1ccc(-c2cc(F)cc(F)c2)cc1)=Nc1ccc(Cl)cc1. The smallest absolute Gasteiger partial charge is 0.126 e. The Bertz CT molecular complexity index is 942. The molecule has 3 rings (SSSR count). The molecule has 0 amide bonds. The van der Waals surface area contributed by atoms with Gasteiger partial charge in [0.15, 0.2) is 0 Å². The van der Waals surface area contributed by atoms with Gasteiger partial charge in [0, 0.05) is 11.1 Å². The summed E-state index contributed by atoms with van der Waals surface area (Å²) in [6.45, 7) is 0. The summed E-state index contributed by atoms with van der Waals surface area (Å²) < 4.78 is 26.6. The Hall–Kier alpha value is -2.98. The van der Waals surface area contributed by atoms with Crippen molar-refractivity contribution < 1.29 is 8.78 Å². The van der Waals surface area contributed by atoms with Crippen LogP contribution in [0.25, 0.3) is 17.2 Å². The monoisotopic (exact) mass is 368 g/mol. The van der Waals surface area contributed by atoms with Gasteiger partial charge in [0.1, 0.15) is 17.5 Å². The predicted octanol–water partition coefficient (Wildman–Crippen LogP) is 5.99. The van der Waals surface area contributed by atoms with Gasteiger partial charge >= 0.3 is 0 Å². The van der Waals surface area contributed by atoms with E-state index in [9.17, 15) is 8.78 Å². The van der Waals surface area contributed by atoms with Crippen molar-refractivity contribution in [2.24, 2.45) is 10.7 Å². The zero-order chi connectivity index (χ0) is 18.5. The van der Waals surface area contributed by atoms with Crippen LogP contribution in [0, 0.1) is 11.6 Å². The average Bonchev–Trinajstić information content (AvgIpc) is 2.61. The molecule has 0 spiro atoms. The Morgan fingerprint density at radius 1 is 0.846 bits per heavy atom. The quantitative estimate of drug-likeness (QED) is 0.446. The summed E-state index contributed by atoms with van der Waals surface area (Å²) in [7, 11) is 0. The third kappa shape index (κ3) is 4.77. The molecule has 0 radical (unpaired) electrons. The maximum absolute atomic E-state index is 13.3. The van der Waals surface area contributed by atoms with E-state index in [0.717, 1.165) is 17.2 Å². The lowest BCUT2D eigenvalue weighted by atomic mass is 10.0. The molecule has 3 aromatic carbocycles. The normalized spacial score (nSPS) is 11.9. The lowest BCUT2D eigenvalue weighted by Gasteiger charge is -2.03. The van der Waals surface area contributed by atoms with Crippen molar-refractivity contribution in [1.29, 1.82) is 0 Å². The van der Waals surface area contributed by atoms with Crippen LogP contribution >= 0.6 is 11.6 Å². The Morgan fingerprint density at radius 2 is 1.46 bits per heavy atom. The first-order valence-electron chi connectivity index (χ1n) is 7.84. The van der Waals surface area contributed by atoms with Crippen molar-refractivity contribution in [1.82, 2.24) is 0 Å². The van der Waals surface area contributed by atoms with Gasteiger partial charge in [-0.3, -0.25) is 0 Å². The van der Waals surface area contributed by atoms with Crippen LogP contribution in [0.5, 0.6) is 0 Å². The second kappa shape index (κ2) is 7.93. The average molecular weight is 369 g/mol. The van der Waals surface area contributed by atoms with Crippen LogP contribution in [0.3, 0.4) is 0 Å². The van der Waals surface area contributed by atoms with Crippen molar-refractivity contribution in [2.75, 3.05) is 0 Å². The number of hydrogen-bond acceptors (Lipinski definition) is 1. The minimum absolute atomic E-state index is 0.351. The number of hydrogen-bond donors (Lipinski definition) is 1. The van der Waals surface area contributed by atoms with E-state index in [1.165, 1.54) is 12.1 Å². The van der Waals surface area contributed by atoms with Gasteiger partial charge in [0.25, 0.3) is 0 Å². The van der Waals surface area contributed by atoms with Crippen molar-refractivity contribution in [3.8, 4) is 11.1 Å². The number of nitrogens with zero attached hydrogens (tertiary/aromatic N) is 1. The van der Waals surface area contributed by atoms with Crippen molar-refractivity contribution in [3.05, 3.63) is 95.0 Å². The van der Waals surface area contributed by atoms with Crippen LogP contribution < -0.4 is 5.73 Å². The molecule has 0 fully saturated rings. The second-order valence-electron chi connectivity index (χ2n) is 5.63. The molecule has 0 aromatic heterocycles. The highest BCUT2D eigenvalue weighted by molar-refractivity contribution is 6.30. The molecule has 0 bridgehead atoms. The summed E-state index contributed by atoms with van der Waals surface area (Å²) in [6, 6.07) is 17.7. The summed E-state index contributed by atoms with van der Waals surface area (Å²) in [5.74, 6) is -0.853. The van der Waals surface area contributed by atoms with E-state index in [1.807, 2.05) is 18.2 Å². The second-order valence-corrected chi connectivity index (χ2v) is 6.06. The van der Waals surface area contributed by atoms with Crippen LogP contribution in [-0.2, 0) is 0 Å². The first-order chi connectivity index (χ1) is 12.5. The van der Waals surface area contributed by atoms with Gasteiger partial charge in [0.2, 0.25) is 0 Å². The topological polar surface area (TPSA) is 38.4 Å². The van der Waals surface area contributed by atoms with E-state index in [0.29, 0.717) is 22.1 Å². The fourth-order valence-electron chi connectivity index (χ4n) is 2.39. The Labute approximate surface area is 155 Å². The van der Waals surface area contributed by atoms with Gasteiger partial charge in [-0.25, -0.2) is 13.8 Å². The number of amidine groups is 1. The Morgan fingerprint density at radius 3 is 2.08 bits per heavy atom. The predicted molar refractivity (Wildman–Crippen MR) is 104 cm³/mol. The summed E-state index contributed by atoms with van der Waals surface area (Å²) >= 11 is 5.83. The van der Waals surface area contributed by atoms with Crippen LogP contribution in [0.2, 0.25) is 5.02 Å². The van der Waals surface area contributed by atoms with E-state index >= 15 is 0 Å². The van der Waals surface area contributed by atoms with Crippen molar-refractivity contribution in [2.45, 2.75) is 0 Å². The largest absolute Gasteiger partial charge is 0.384 e. The number of rotatable bonds is 4. The molecule has 0 aliphatic carbocycles. The van der Waals surface area contributed by atoms with E-state index in [-0.39, 0.29) is 0 Å². The summed E-state index contributed by atoms with van der Waals surface area (Å²) in [5, 5.41) is 0.635. The van der Waals surface area contributed by atoms with Gasteiger partial charge in [-0.2, -0.15) is 0 Å². The first-order valence-corrected chi connectivity index (χ1v) is 8.22. The van der Waals surface area contributed by atoms with Crippen molar-refractivity contribution in [3.63, 3.8) is 0 Å². The van der Waals surface area contributed by atoms with E-state index in [2.05, 4.69) is 4.99 Å². The Kier molecular flexibility index (Phi) is 5.44. The molecule has 5 heteroatoms. The molecule has 0 saturated heterocycles. The summed E-state index contributed by atoms with van der Waals surface area (Å²) in [5.41, 5.74) is 8.70. The third-order valence-electron chi connectivity index (χ3n) is 3.64. The minimum atomic E-state index is -0.602. The van der Waals surface area contributed by atoms with Gasteiger partial charge < -0.3 is 5.73 Å². The molecular weight excluding hydrogens is 354 g/mol. The molecule has 0 aliphatic heterocycles. The molecule has 0 heterocycles. The fourth-order valence-corrected chi connectivity index (χ4v) is 2.52. The highest BCUT2D eigenvalue weighted by Crippen LogP contribution is 2.22. The van der Waals surface area contributed by atoms with Gasteiger partial charge in [-0.1, -0.05) is 41.9 Å². The lowest BCUT2D eigenvalue weighted by molar-refractivity contribution is 0.584. The molecule has 0 saturated carbocycles. The highest BCUT2D eigenvalue weighted by atomic mass is 35.5. The van der Waals surface area contributed by atoms with Crippen LogP contribution in [-0.4, -0.2) is 5.84 Å². The number of benzene rings is 3. The van der Waals surface area contributed by atoms with Gasteiger partial charge in [-0.15, -0.1) is 0 Å². The fraction of sp³-hybridized carbons (Fsp3) is 0. The highest BCUT2D eigenvalue weighted by Gasteiger charge is 2.03. The number of nitrogens with two attached hydrogens (primary N) is 1. The molecule has 130 valence electrons. The zero-order valence-corrected chi connectivity index (χ0v) is 14.4. The first kappa shape index (κ1) is 17.8. The molecule has 3 aromatic rings. The molecule has 2 N–H and O–H groups in total. The molecule has 0 atom stereocenters. The van der Waals surface area contributed by atoms with Crippen LogP contribution in [0.1, 0.15) is 5.56 Å². The maximum atomic E-state index is 13.3. The van der Waals surface area contributed by atoms with Gasteiger partial charge in [-0.05, 0) is 59.2 Å². The number of aliphatic imine (C=N–C) groups is 1. The minimum Gasteiger partial charge on any atom is -0.384 e. The molecule has 26 heavy (non-hydrogen) atoms. The van der Waals surface area contributed by atoms with E-state index in [1.54, 1.807) is 42.5 Å².